The molecule has 2 aromatic rings. The van der Waals surface area contributed by atoms with Crippen LogP contribution in [-0.2, 0) is 12.7 Å². The number of aryl methyl sites for hydroxylation is 1. The van der Waals surface area contributed by atoms with E-state index in [1.807, 2.05) is 6.92 Å². The molecule has 0 aliphatic heterocycles. The highest BCUT2D eigenvalue weighted by Crippen LogP contribution is 2.32. The summed E-state index contributed by atoms with van der Waals surface area (Å²) in [6, 6.07) is -0.652. The Bertz CT molecular complexity index is 609. The van der Waals surface area contributed by atoms with E-state index in [9.17, 15) is 18.0 Å². The topological polar surface area (TPSA) is 79.8 Å². The number of alkyl halides is 3. The van der Waals surface area contributed by atoms with Gasteiger partial charge in [0.2, 0.25) is 10.1 Å². The number of aromatic nitrogens is 3. The molecule has 0 atom stereocenters. The molecule has 2 rings (SSSR count). The Kier molecular flexibility index (Phi) is 4.18. The maximum Gasteiger partial charge on any atom is 0.445 e. The Morgan fingerprint density at radius 2 is 2.10 bits per heavy atom. The second-order valence-electron chi connectivity index (χ2n) is 3.56. The molecule has 0 spiro atoms. The first kappa shape index (κ1) is 14.7. The molecule has 0 aliphatic carbocycles. The van der Waals surface area contributed by atoms with Crippen molar-refractivity contribution in [2.24, 2.45) is 0 Å². The zero-order valence-electron chi connectivity index (χ0n) is 9.98. The van der Waals surface area contributed by atoms with Gasteiger partial charge in [-0.1, -0.05) is 11.3 Å². The van der Waals surface area contributed by atoms with Crippen LogP contribution in [-0.4, -0.2) is 21.2 Å². The van der Waals surface area contributed by atoms with Gasteiger partial charge in [-0.05, 0) is 6.92 Å². The van der Waals surface area contributed by atoms with Crippen molar-refractivity contribution in [2.75, 3.05) is 5.32 Å². The van der Waals surface area contributed by atoms with Crippen LogP contribution in [0, 0.1) is 6.92 Å². The zero-order chi connectivity index (χ0) is 14.8. The fourth-order valence-corrected chi connectivity index (χ4v) is 2.52. The van der Waals surface area contributed by atoms with Crippen molar-refractivity contribution in [3.63, 3.8) is 0 Å². The third-order valence-electron chi connectivity index (χ3n) is 1.98. The molecular formula is C9H8F3N5OS2. The molecule has 2 aromatic heterocycles. The van der Waals surface area contributed by atoms with Crippen molar-refractivity contribution in [3.05, 3.63) is 21.1 Å². The first-order valence-corrected chi connectivity index (χ1v) is 6.85. The maximum atomic E-state index is 12.3. The van der Waals surface area contributed by atoms with Crippen molar-refractivity contribution < 1.29 is 18.0 Å². The molecular weight excluding hydrogens is 315 g/mol. The Balaban J connectivity index is 1.87. The molecule has 0 saturated carbocycles. The molecule has 11 heteroatoms. The van der Waals surface area contributed by atoms with Gasteiger partial charge in [0, 0.05) is 11.1 Å². The fraction of sp³-hybridized carbons (Fsp3) is 0.333. The molecule has 2 N–H and O–H groups in total. The van der Waals surface area contributed by atoms with Gasteiger partial charge in [-0.2, -0.15) is 13.2 Å². The maximum absolute atomic E-state index is 12.3. The number of halogens is 3. The number of urea groups is 1. The summed E-state index contributed by atoms with van der Waals surface area (Å²) in [4.78, 5) is 16.3. The molecule has 2 amide bonds. The first-order chi connectivity index (χ1) is 9.34. The molecule has 108 valence electrons. The summed E-state index contributed by atoms with van der Waals surface area (Å²) < 4.78 is 36.9. The number of carbonyl (C=O) groups excluding carboxylic acids is 1. The third kappa shape index (κ3) is 3.87. The summed E-state index contributed by atoms with van der Waals surface area (Å²) in [5.74, 6) is 0. The van der Waals surface area contributed by atoms with E-state index < -0.39 is 17.2 Å². The first-order valence-electron chi connectivity index (χ1n) is 5.21. The Labute approximate surface area is 119 Å². The predicted molar refractivity (Wildman–Crippen MR) is 67.6 cm³/mol. The largest absolute Gasteiger partial charge is 0.445 e. The average molecular weight is 323 g/mol. The highest BCUT2D eigenvalue weighted by Gasteiger charge is 2.35. The zero-order valence-corrected chi connectivity index (χ0v) is 11.6. The molecule has 20 heavy (non-hydrogen) atoms. The van der Waals surface area contributed by atoms with Gasteiger partial charge in [0.25, 0.3) is 0 Å². The SMILES string of the molecule is Cc1ncc(CNC(=O)Nc2nnc(C(F)(F)F)s2)s1. The molecule has 2 heterocycles. The summed E-state index contributed by atoms with van der Waals surface area (Å²) in [7, 11) is 0. The number of thiazole rings is 1. The van der Waals surface area contributed by atoms with Crippen LogP contribution in [0.3, 0.4) is 0 Å². The van der Waals surface area contributed by atoms with E-state index in [1.54, 1.807) is 6.20 Å². The van der Waals surface area contributed by atoms with Crippen LogP contribution in [0.1, 0.15) is 14.9 Å². The van der Waals surface area contributed by atoms with Gasteiger partial charge < -0.3 is 5.32 Å². The van der Waals surface area contributed by atoms with E-state index in [0.717, 1.165) is 9.88 Å². The number of hydrogen-bond acceptors (Lipinski definition) is 6. The van der Waals surface area contributed by atoms with Crippen LogP contribution < -0.4 is 10.6 Å². The van der Waals surface area contributed by atoms with Gasteiger partial charge >= 0.3 is 12.2 Å². The van der Waals surface area contributed by atoms with E-state index in [2.05, 4.69) is 25.8 Å². The molecule has 0 saturated heterocycles. The van der Waals surface area contributed by atoms with Crippen molar-refractivity contribution in [2.45, 2.75) is 19.6 Å². The normalized spacial score (nSPS) is 11.4. The van der Waals surface area contributed by atoms with Crippen LogP contribution in [0.15, 0.2) is 6.20 Å². The van der Waals surface area contributed by atoms with Gasteiger partial charge in [0.1, 0.15) is 0 Å². The number of rotatable bonds is 3. The summed E-state index contributed by atoms with van der Waals surface area (Å²) in [6.45, 7) is 2.07. The standard InChI is InChI=1S/C9H8F3N5OS2/c1-4-13-2-5(19-4)3-14-7(18)15-8-17-16-6(20-8)9(10,11)12/h2H,3H2,1H3,(H2,14,15,17,18). The number of nitrogens with zero attached hydrogens (tertiary/aromatic N) is 3. The lowest BCUT2D eigenvalue weighted by Gasteiger charge is -2.02. The van der Waals surface area contributed by atoms with E-state index in [1.165, 1.54) is 11.3 Å². The van der Waals surface area contributed by atoms with E-state index >= 15 is 0 Å². The van der Waals surface area contributed by atoms with Crippen LogP contribution >= 0.6 is 22.7 Å². The predicted octanol–water partition coefficient (Wildman–Crippen LogP) is 2.64. The monoisotopic (exact) mass is 323 g/mol. The fourth-order valence-electron chi connectivity index (χ4n) is 1.18. The van der Waals surface area contributed by atoms with Gasteiger partial charge in [0.15, 0.2) is 0 Å². The van der Waals surface area contributed by atoms with Crippen LogP contribution in [0.4, 0.5) is 23.1 Å². The van der Waals surface area contributed by atoms with Crippen molar-refractivity contribution in [1.29, 1.82) is 0 Å². The smallest absolute Gasteiger partial charge is 0.333 e. The summed E-state index contributed by atoms with van der Waals surface area (Å²) >= 11 is 1.68. The van der Waals surface area contributed by atoms with E-state index in [-0.39, 0.29) is 23.0 Å². The number of anilines is 1. The van der Waals surface area contributed by atoms with Crippen molar-refractivity contribution >= 4 is 33.8 Å². The minimum Gasteiger partial charge on any atom is -0.333 e. The lowest BCUT2D eigenvalue weighted by molar-refractivity contribution is -0.138. The van der Waals surface area contributed by atoms with Gasteiger partial charge in [-0.3, -0.25) is 5.32 Å². The van der Waals surface area contributed by atoms with Crippen molar-refractivity contribution in [1.82, 2.24) is 20.5 Å². The minimum absolute atomic E-state index is 0.213. The van der Waals surface area contributed by atoms with Crippen molar-refractivity contribution in [3.8, 4) is 0 Å². The lowest BCUT2D eigenvalue weighted by atomic mass is 10.5. The van der Waals surface area contributed by atoms with Gasteiger partial charge in [-0.15, -0.1) is 21.5 Å². The third-order valence-corrected chi connectivity index (χ3v) is 3.78. The van der Waals surface area contributed by atoms with Crippen LogP contribution in [0.25, 0.3) is 0 Å². The summed E-state index contributed by atoms with van der Waals surface area (Å²) in [5, 5.41) is 10.4. The number of hydrogen-bond donors (Lipinski definition) is 2. The Morgan fingerprint density at radius 3 is 2.65 bits per heavy atom. The number of amides is 2. The molecule has 0 bridgehead atoms. The average Bonchev–Trinajstić information content (AvgIpc) is 2.95. The lowest BCUT2D eigenvalue weighted by Crippen LogP contribution is -2.27. The molecule has 6 nitrogen and oxygen atoms in total. The number of nitrogens with one attached hydrogen (secondary N) is 2. The quantitative estimate of drug-likeness (QED) is 0.910. The Hall–Kier alpha value is -1.75. The molecule has 0 aromatic carbocycles. The van der Waals surface area contributed by atoms with E-state index in [0.29, 0.717) is 0 Å². The highest BCUT2D eigenvalue weighted by atomic mass is 32.1. The van der Waals surface area contributed by atoms with Crippen LogP contribution in [0.5, 0.6) is 0 Å². The van der Waals surface area contributed by atoms with Gasteiger partial charge in [-0.25, -0.2) is 9.78 Å². The molecule has 0 fully saturated rings. The highest BCUT2D eigenvalue weighted by molar-refractivity contribution is 7.15. The minimum atomic E-state index is -4.56. The van der Waals surface area contributed by atoms with E-state index in [4.69, 9.17) is 0 Å². The second-order valence-corrected chi connectivity index (χ2v) is 5.86. The Morgan fingerprint density at radius 1 is 1.35 bits per heavy atom. The molecule has 0 aliphatic rings. The molecule has 0 unspecified atom stereocenters. The van der Waals surface area contributed by atoms with Crippen LogP contribution in [0.2, 0.25) is 0 Å². The molecule has 0 radical (unpaired) electrons. The summed E-state index contributed by atoms with van der Waals surface area (Å²) in [5.41, 5.74) is 0. The summed E-state index contributed by atoms with van der Waals surface area (Å²) in [6.07, 6.45) is -2.94. The number of carbonyl (C=O) groups is 1. The second kappa shape index (κ2) is 5.71. The van der Waals surface area contributed by atoms with Gasteiger partial charge in [0.05, 0.1) is 11.6 Å².